The highest BCUT2D eigenvalue weighted by Crippen LogP contribution is 2.22. The summed E-state index contributed by atoms with van der Waals surface area (Å²) in [5, 5.41) is 13.3. The van der Waals surface area contributed by atoms with Crippen LogP contribution in [0.3, 0.4) is 0 Å². The number of nitrogens with one attached hydrogen (secondary N) is 1. The SMILES string of the molecule is CC(C)NC[C@@H](O)COc1ccccc1Cl. The van der Waals surface area contributed by atoms with E-state index in [9.17, 15) is 5.11 Å². The zero-order valence-electron chi connectivity index (χ0n) is 9.61. The van der Waals surface area contributed by atoms with Crippen molar-refractivity contribution in [2.24, 2.45) is 0 Å². The molecule has 1 aromatic carbocycles. The highest BCUT2D eigenvalue weighted by molar-refractivity contribution is 6.32. The number of rotatable bonds is 6. The van der Waals surface area contributed by atoms with Crippen LogP contribution in [0.25, 0.3) is 0 Å². The maximum absolute atomic E-state index is 9.62. The third-order valence-electron chi connectivity index (χ3n) is 2.03. The summed E-state index contributed by atoms with van der Waals surface area (Å²) >= 11 is 5.91. The van der Waals surface area contributed by atoms with Crippen molar-refractivity contribution in [1.82, 2.24) is 5.32 Å². The molecule has 1 rings (SSSR count). The van der Waals surface area contributed by atoms with E-state index < -0.39 is 6.10 Å². The molecule has 0 heterocycles. The Balaban J connectivity index is 2.31. The smallest absolute Gasteiger partial charge is 0.138 e. The van der Waals surface area contributed by atoms with Gasteiger partial charge in [0.2, 0.25) is 0 Å². The number of hydrogen-bond donors (Lipinski definition) is 2. The number of para-hydroxylation sites is 1. The number of ether oxygens (including phenoxy) is 1. The molecule has 4 heteroatoms. The lowest BCUT2D eigenvalue weighted by Gasteiger charge is -2.15. The Kier molecular flexibility index (Phi) is 5.60. The normalized spacial score (nSPS) is 12.8. The largest absolute Gasteiger partial charge is 0.489 e. The van der Waals surface area contributed by atoms with Crippen molar-refractivity contribution >= 4 is 11.6 Å². The fourth-order valence-electron chi connectivity index (χ4n) is 1.18. The number of halogens is 1. The molecular formula is C12H18ClNO2. The van der Waals surface area contributed by atoms with E-state index in [4.69, 9.17) is 16.3 Å². The molecule has 3 nitrogen and oxygen atoms in total. The molecule has 0 aliphatic carbocycles. The predicted molar refractivity (Wildman–Crippen MR) is 66.1 cm³/mol. The average molecular weight is 244 g/mol. The van der Waals surface area contributed by atoms with Crippen molar-refractivity contribution < 1.29 is 9.84 Å². The van der Waals surface area contributed by atoms with Crippen LogP contribution in [0, 0.1) is 0 Å². The lowest BCUT2D eigenvalue weighted by atomic mass is 10.3. The van der Waals surface area contributed by atoms with Crippen LogP contribution in [-0.4, -0.2) is 30.4 Å². The van der Waals surface area contributed by atoms with Crippen LogP contribution < -0.4 is 10.1 Å². The molecule has 2 N–H and O–H groups in total. The minimum Gasteiger partial charge on any atom is -0.489 e. The van der Waals surface area contributed by atoms with Crippen LogP contribution in [0.2, 0.25) is 5.02 Å². The molecule has 0 spiro atoms. The molecule has 0 radical (unpaired) electrons. The molecule has 0 aliphatic heterocycles. The summed E-state index contributed by atoms with van der Waals surface area (Å²) in [4.78, 5) is 0. The Morgan fingerprint density at radius 2 is 2.06 bits per heavy atom. The van der Waals surface area contributed by atoms with Crippen molar-refractivity contribution in [3.8, 4) is 5.75 Å². The van der Waals surface area contributed by atoms with E-state index in [1.54, 1.807) is 12.1 Å². The second-order valence-corrected chi connectivity index (χ2v) is 4.37. The Bertz CT molecular complexity index is 318. The minimum atomic E-state index is -0.529. The minimum absolute atomic E-state index is 0.240. The van der Waals surface area contributed by atoms with Crippen molar-refractivity contribution in [1.29, 1.82) is 0 Å². The molecule has 90 valence electrons. The first-order chi connectivity index (χ1) is 7.59. The number of aliphatic hydroxyl groups is 1. The molecule has 0 bridgehead atoms. The van der Waals surface area contributed by atoms with Gasteiger partial charge < -0.3 is 15.2 Å². The summed E-state index contributed by atoms with van der Waals surface area (Å²) in [5.41, 5.74) is 0. The third-order valence-corrected chi connectivity index (χ3v) is 2.34. The monoisotopic (exact) mass is 243 g/mol. The maximum atomic E-state index is 9.62. The van der Waals surface area contributed by atoms with Gasteiger partial charge in [-0.15, -0.1) is 0 Å². The van der Waals surface area contributed by atoms with Crippen LogP contribution in [0.15, 0.2) is 24.3 Å². The van der Waals surface area contributed by atoms with E-state index in [2.05, 4.69) is 5.32 Å². The first-order valence-corrected chi connectivity index (χ1v) is 5.76. The van der Waals surface area contributed by atoms with E-state index >= 15 is 0 Å². The van der Waals surface area contributed by atoms with Gasteiger partial charge in [-0.05, 0) is 12.1 Å². The van der Waals surface area contributed by atoms with Crippen LogP contribution in [0.5, 0.6) is 5.75 Å². The van der Waals surface area contributed by atoms with E-state index in [1.165, 1.54) is 0 Å². The Morgan fingerprint density at radius 1 is 1.38 bits per heavy atom. The van der Waals surface area contributed by atoms with Crippen LogP contribution >= 0.6 is 11.6 Å². The summed E-state index contributed by atoms with van der Waals surface area (Å²) < 4.78 is 5.41. The van der Waals surface area contributed by atoms with Crippen LogP contribution in [-0.2, 0) is 0 Å². The zero-order valence-corrected chi connectivity index (χ0v) is 10.4. The maximum Gasteiger partial charge on any atom is 0.138 e. The molecule has 0 aliphatic rings. The van der Waals surface area contributed by atoms with Gasteiger partial charge in [0.15, 0.2) is 0 Å². The predicted octanol–water partition coefficient (Wildman–Crippen LogP) is 2.08. The fourth-order valence-corrected chi connectivity index (χ4v) is 1.37. The van der Waals surface area contributed by atoms with Gasteiger partial charge in [0, 0.05) is 12.6 Å². The first-order valence-electron chi connectivity index (χ1n) is 5.38. The molecule has 0 unspecified atom stereocenters. The Morgan fingerprint density at radius 3 is 2.69 bits per heavy atom. The van der Waals surface area contributed by atoms with Gasteiger partial charge >= 0.3 is 0 Å². The fraction of sp³-hybridized carbons (Fsp3) is 0.500. The van der Waals surface area contributed by atoms with Crippen LogP contribution in [0.4, 0.5) is 0 Å². The molecule has 0 saturated carbocycles. The van der Waals surface area contributed by atoms with Gasteiger partial charge in [-0.25, -0.2) is 0 Å². The molecular weight excluding hydrogens is 226 g/mol. The van der Waals surface area contributed by atoms with Crippen LogP contribution in [0.1, 0.15) is 13.8 Å². The molecule has 16 heavy (non-hydrogen) atoms. The van der Waals surface area contributed by atoms with E-state index in [-0.39, 0.29) is 6.61 Å². The average Bonchev–Trinajstić information content (AvgIpc) is 2.25. The standard InChI is InChI=1S/C12H18ClNO2/c1-9(2)14-7-10(15)8-16-12-6-4-3-5-11(12)13/h3-6,9-10,14-15H,7-8H2,1-2H3/t10-/m1/s1. The summed E-state index contributed by atoms with van der Waals surface area (Å²) in [5.74, 6) is 0.604. The highest BCUT2D eigenvalue weighted by atomic mass is 35.5. The number of benzene rings is 1. The number of aliphatic hydroxyl groups excluding tert-OH is 1. The molecule has 1 atom stereocenters. The molecule has 1 aromatic rings. The van der Waals surface area contributed by atoms with Gasteiger partial charge in [0.1, 0.15) is 18.5 Å². The second-order valence-electron chi connectivity index (χ2n) is 3.96. The summed E-state index contributed by atoms with van der Waals surface area (Å²) in [6.45, 7) is 4.81. The highest BCUT2D eigenvalue weighted by Gasteiger charge is 2.07. The molecule has 0 aromatic heterocycles. The van der Waals surface area contributed by atoms with Crippen molar-refractivity contribution in [3.05, 3.63) is 29.3 Å². The topological polar surface area (TPSA) is 41.5 Å². The van der Waals surface area contributed by atoms with Gasteiger partial charge in [0.25, 0.3) is 0 Å². The summed E-state index contributed by atoms with van der Waals surface area (Å²) in [6.07, 6.45) is -0.529. The number of hydrogen-bond acceptors (Lipinski definition) is 3. The zero-order chi connectivity index (χ0) is 12.0. The molecule has 0 amide bonds. The molecule has 0 saturated heterocycles. The Labute approximate surface area is 101 Å². The third kappa shape index (κ3) is 4.84. The van der Waals surface area contributed by atoms with Crippen molar-refractivity contribution in [2.75, 3.05) is 13.2 Å². The van der Waals surface area contributed by atoms with Gasteiger partial charge in [-0.1, -0.05) is 37.6 Å². The van der Waals surface area contributed by atoms with E-state index in [0.717, 1.165) is 0 Å². The van der Waals surface area contributed by atoms with E-state index in [0.29, 0.717) is 23.4 Å². The van der Waals surface area contributed by atoms with Gasteiger partial charge in [-0.2, -0.15) is 0 Å². The Hall–Kier alpha value is -0.770. The van der Waals surface area contributed by atoms with Crippen molar-refractivity contribution in [3.63, 3.8) is 0 Å². The lowest BCUT2D eigenvalue weighted by molar-refractivity contribution is 0.105. The lowest BCUT2D eigenvalue weighted by Crippen LogP contribution is -2.35. The van der Waals surface area contributed by atoms with Crippen molar-refractivity contribution in [2.45, 2.75) is 26.0 Å². The van der Waals surface area contributed by atoms with E-state index in [1.807, 2.05) is 26.0 Å². The second kappa shape index (κ2) is 6.74. The van der Waals surface area contributed by atoms with Gasteiger partial charge in [-0.3, -0.25) is 0 Å². The summed E-state index contributed by atoms with van der Waals surface area (Å²) in [6, 6.07) is 7.59. The quantitative estimate of drug-likeness (QED) is 0.804. The molecule has 0 fully saturated rings. The van der Waals surface area contributed by atoms with Gasteiger partial charge in [0.05, 0.1) is 5.02 Å². The first kappa shape index (κ1) is 13.3. The summed E-state index contributed by atoms with van der Waals surface area (Å²) in [7, 11) is 0.